The van der Waals surface area contributed by atoms with Gasteiger partial charge >= 0.3 is 0 Å². The zero-order valence-corrected chi connectivity index (χ0v) is 22.1. The summed E-state index contributed by atoms with van der Waals surface area (Å²) in [5.41, 5.74) is 2.06. The number of hydrogen-bond acceptors (Lipinski definition) is 7. The number of nitrogens with one attached hydrogen (secondary N) is 1. The van der Waals surface area contributed by atoms with Crippen molar-refractivity contribution >= 4 is 23.1 Å². The molecule has 5 heterocycles. The first kappa shape index (κ1) is 25.8. The van der Waals surface area contributed by atoms with Crippen LogP contribution in [0.3, 0.4) is 0 Å². The molecule has 0 unspecified atom stereocenters. The van der Waals surface area contributed by atoms with Crippen LogP contribution in [0.25, 0.3) is 5.65 Å². The normalized spacial score (nSPS) is 19.8. The summed E-state index contributed by atoms with van der Waals surface area (Å²) in [6.07, 6.45) is 5.03. The Hall–Kier alpha value is -3.41. The average Bonchev–Trinajstić information content (AvgIpc) is 3.43. The van der Waals surface area contributed by atoms with Crippen LogP contribution in [0.4, 0.5) is 10.1 Å². The highest BCUT2D eigenvalue weighted by molar-refractivity contribution is 6.09. The van der Waals surface area contributed by atoms with E-state index in [9.17, 15) is 19.1 Å². The number of aliphatic hydroxyl groups is 1. The molecular formula is C28H33FN6O4. The highest BCUT2D eigenvalue weighted by atomic mass is 19.1. The molecule has 2 fully saturated rings. The number of aromatic nitrogens is 3. The molecule has 11 heteroatoms. The van der Waals surface area contributed by atoms with Gasteiger partial charge in [-0.25, -0.2) is 13.9 Å². The lowest BCUT2D eigenvalue weighted by molar-refractivity contribution is -0.0712. The van der Waals surface area contributed by atoms with E-state index in [0.717, 1.165) is 50.3 Å². The number of alkyl halides is 1. The van der Waals surface area contributed by atoms with Crippen LogP contribution in [0.2, 0.25) is 0 Å². The highest BCUT2D eigenvalue weighted by Gasteiger charge is 2.37. The second kappa shape index (κ2) is 9.96. The van der Waals surface area contributed by atoms with Crippen molar-refractivity contribution in [3.8, 4) is 0 Å². The molecule has 0 radical (unpaired) electrons. The van der Waals surface area contributed by atoms with Crippen LogP contribution in [0.1, 0.15) is 64.4 Å². The van der Waals surface area contributed by atoms with Crippen LogP contribution in [0.5, 0.6) is 0 Å². The molecule has 0 saturated carbocycles. The molecule has 3 aromatic rings. The number of hydrogen-bond donors (Lipinski definition) is 2. The Morgan fingerprint density at radius 3 is 2.74 bits per heavy atom. The lowest BCUT2D eigenvalue weighted by Gasteiger charge is -2.41. The fraction of sp³-hybridized carbons (Fsp3) is 0.500. The van der Waals surface area contributed by atoms with Crippen LogP contribution in [0, 0.1) is 0 Å². The molecule has 206 valence electrons. The molecule has 6 rings (SSSR count). The standard InChI is InChI=1S/C28H33FN6O4/c1-28(2,38)24(29)14-34-13-18-10-23(32-26(36)22-12-31-35-7-3-6-30-25(22)35)20(11-21(18)27(34)37)17-4-8-33(9-5-17)19-15-39-16-19/h3,6-7,10-12,17,19,24,38H,4-5,8-9,13-16H2,1-2H3,(H,32,36)/t24-/m1/s1. The third-order valence-corrected chi connectivity index (χ3v) is 8.18. The summed E-state index contributed by atoms with van der Waals surface area (Å²) in [6, 6.07) is 5.94. The van der Waals surface area contributed by atoms with Crippen molar-refractivity contribution in [1.82, 2.24) is 24.4 Å². The minimum atomic E-state index is -1.59. The molecule has 3 aliphatic heterocycles. The van der Waals surface area contributed by atoms with Crippen LogP contribution in [0.15, 0.2) is 36.8 Å². The van der Waals surface area contributed by atoms with E-state index in [1.54, 1.807) is 23.0 Å². The Balaban J connectivity index is 1.30. The second-order valence-corrected chi connectivity index (χ2v) is 11.3. The maximum Gasteiger partial charge on any atom is 0.261 e. The molecule has 0 aliphatic carbocycles. The van der Waals surface area contributed by atoms with E-state index >= 15 is 0 Å². The molecule has 1 atom stereocenters. The number of halogens is 1. The van der Waals surface area contributed by atoms with Gasteiger partial charge in [0.1, 0.15) is 11.7 Å². The molecule has 2 amide bonds. The number of piperidine rings is 1. The topological polar surface area (TPSA) is 112 Å². The van der Waals surface area contributed by atoms with Gasteiger partial charge in [0.2, 0.25) is 0 Å². The molecular weight excluding hydrogens is 503 g/mol. The lowest BCUT2D eigenvalue weighted by Crippen LogP contribution is -2.51. The molecule has 0 spiro atoms. The van der Waals surface area contributed by atoms with Gasteiger partial charge in [-0.15, -0.1) is 0 Å². The number of anilines is 1. The number of nitrogens with zero attached hydrogens (tertiary/aromatic N) is 5. The van der Waals surface area contributed by atoms with E-state index < -0.39 is 11.8 Å². The molecule has 2 saturated heterocycles. The molecule has 2 N–H and O–H groups in total. The Bertz CT molecular complexity index is 1410. The van der Waals surface area contributed by atoms with Crippen molar-refractivity contribution in [2.75, 3.05) is 38.2 Å². The van der Waals surface area contributed by atoms with E-state index in [4.69, 9.17) is 4.74 Å². The summed E-state index contributed by atoms with van der Waals surface area (Å²) in [5.74, 6) is -0.440. The Morgan fingerprint density at radius 1 is 1.28 bits per heavy atom. The van der Waals surface area contributed by atoms with Crippen LogP contribution < -0.4 is 5.32 Å². The SMILES string of the molecule is CC(C)(O)[C@H](F)CN1Cc2cc(NC(=O)c3cnn4cccnc34)c(C3CCN(C4COC4)CC3)cc2C1=O. The number of rotatable bonds is 7. The number of carbonyl (C=O) groups is 2. The van der Waals surface area contributed by atoms with Crippen molar-refractivity contribution in [1.29, 1.82) is 0 Å². The maximum atomic E-state index is 14.7. The van der Waals surface area contributed by atoms with Gasteiger partial charge in [-0.05, 0) is 75.0 Å². The molecule has 39 heavy (non-hydrogen) atoms. The van der Waals surface area contributed by atoms with Gasteiger partial charge in [0.05, 0.1) is 37.6 Å². The van der Waals surface area contributed by atoms with Gasteiger partial charge in [-0.3, -0.25) is 14.5 Å². The number of amides is 2. The minimum Gasteiger partial charge on any atom is -0.387 e. The van der Waals surface area contributed by atoms with Crippen molar-refractivity contribution in [3.05, 3.63) is 59.0 Å². The van der Waals surface area contributed by atoms with Gasteiger partial charge in [0, 0.05) is 30.2 Å². The van der Waals surface area contributed by atoms with Gasteiger partial charge in [-0.2, -0.15) is 5.10 Å². The number of likely N-dealkylation sites (tertiary alicyclic amines) is 1. The quantitative estimate of drug-likeness (QED) is 0.478. The molecule has 10 nitrogen and oxygen atoms in total. The fourth-order valence-corrected chi connectivity index (χ4v) is 5.64. The summed E-state index contributed by atoms with van der Waals surface area (Å²) < 4.78 is 21.6. The number of ether oxygens (including phenoxy) is 1. The lowest BCUT2D eigenvalue weighted by atomic mass is 9.86. The third-order valence-electron chi connectivity index (χ3n) is 8.18. The van der Waals surface area contributed by atoms with Gasteiger partial charge in [0.15, 0.2) is 5.65 Å². The predicted molar refractivity (Wildman–Crippen MR) is 141 cm³/mol. The minimum absolute atomic E-state index is 0.150. The Morgan fingerprint density at radius 2 is 2.05 bits per heavy atom. The van der Waals surface area contributed by atoms with E-state index in [1.165, 1.54) is 24.9 Å². The third kappa shape index (κ3) is 4.90. The van der Waals surface area contributed by atoms with E-state index in [1.807, 2.05) is 12.1 Å². The number of fused-ring (bicyclic) bond motifs is 2. The zero-order valence-electron chi connectivity index (χ0n) is 22.1. The summed E-state index contributed by atoms with van der Waals surface area (Å²) >= 11 is 0. The monoisotopic (exact) mass is 536 g/mol. The zero-order chi connectivity index (χ0) is 27.3. The van der Waals surface area contributed by atoms with E-state index in [0.29, 0.717) is 28.5 Å². The van der Waals surface area contributed by atoms with E-state index in [2.05, 4.69) is 20.3 Å². The Labute approximate surface area is 225 Å². The van der Waals surface area contributed by atoms with Gasteiger partial charge < -0.3 is 20.1 Å². The maximum absolute atomic E-state index is 14.7. The number of carbonyl (C=O) groups excluding carboxylic acids is 2. The number of benzene rings is 1. The molecule has 0 bridgehead atoms. The Kier molecular flexibility index (Phi) is 6.60. The van der Waals surface area contributed by atoms with Crippen LogP contribution in [-0.2, 0) is 11.3 Å². The first-order chi connectivity index (χ1) is 18.7. The fourth-order valence-electron chi connectivity index (χ4n) is 5.64. The van der Waals surface area contributed by atoms with Crippen molar-refractivity contribution < 1.29 is 23.8 Å². The van der Waals surface area contributed by atoms with Crippen LogP contribution in [-0.4, -0.2) is 92.0 Å². The van der Waals surface area contributed by atoms with Gasteiger partial charge in [-0.1, -0.05) is 0 Å². The first-order valence-corrected chi connectivity index (χ1v) is 13.4. The predicted octanol–water partition coefficient (Wildman–Crippen LogP) is 2.62. The van der Waals surface area contributed by atoms with E-state index in [-0.39, 0.29) is 30.8 Å². The van der Waals surface area contributed by atoms with Crippen molar-refractivity contribution in [2.24, 2.45) is 0 Å². The van der Waals surface area contributed by atoms with Crippen molar-refractivity contribution in [3.63, 3.8) is 0 Å². The average molecular weight is 537 g/mol. The summed E-state index contributed by atoms with van der Waals surface area (Å²) in [7, 11) is 0. The van der Waals surface area contributed by atoms with Crippen molar-refractivity contribution in [2.45, 2.75) is 57.0 Å². The summed E-state index contributed by atoms with van der Waals surface area (Å²) in [4.78, 5) is 34.9. The highest BCUT2D eigenvalue weighted by Crippen LogP contribution is 2.38. The molecule has 3 aliphatic rings. The first-order valence-electron chi connectivity index (χ1n) is 13.4. The summed E-state index contributed by atoms with van der Waals surface area (Å²) in [6.45, 7) is 6.16. The molecule has 2 aromatic heterocycles. The smallest absolute Gasteiger partial charge is 0.261 e. The second-order valence-electron chi connectivity index (χ2n) is 11.3. The van der Waals surface area contributed by atoms with Crippen LogP contribution >= 0.6 is 0 Å². The van der Waals surface area contributed by atoms with Gasteiger partial charge in [0.25, 0.3) is 11.8 Å². The summed E-state index contributed by atoms with van der Waals surface area (Å²) in [5, 5.41) is 17.4. The molecule has 1 aromatic carbocycles. The largest absolute Gasteiger partial charge is 0.387 e.